The summed E-state index contributed by atoms with van der Waals surface area (Å²) in [5.41, 5.74) is 4.90. The molecule has 2 N–H and O–H groups in total. The molecule has 0 fully saturated rings. The molecule has 2 nitrogen and oxygen atoms in total. The first kappa shape index (κ1) is 10.8. The molecule has 0 amide bonds. The molecule has 5 heteroatoms. The summed E-state index contributed by atoms with van der Waals surface area (Å²) in [7, 11) is 0. The largest absolute Gasteiger partial charge is 0.433 e. The molecule has 78 valence electrons. The number of nitrogens with two attached hydrogens (primary N) is 1. The van der Waals surface area contributed by atoms with Crippen molar-refractivity contribution < 1.29 is 13.2 Å². The predicted molar refractivity (Wildman–Crippen MR) is 47.7 cm³/mol. The summed E-state index contributed by atoms with van der Waals surface area (Å²) in [4.78, 5) is 3.24. The van der Waals surface area contributed by atoms with Gasteiger partial charge in [0.25, 0.3) is 0 Å². The van der Waals surface area contributed by atoms with Crippen molar-refractivity contribution in [3.05, 3.63) is 23.4 Å². The minimum absolute atomic E-state index is 0.00130. The van der Waals surface area contributed by atoms with Crippen LogP contribution in [0.15, 0.2) is 12.1 Å². The molecule has 0 spiro atoms. The van der Waals surface area contributed by atoms with Gasteiger partial charge in [-0.2, -0.15) is 13.2 Å². The van der Waals surface area contributed by atoms with E-state index in [0.717, 1.165) is 6.07 Å². The number of rotatable bonds is 1. The van der Waals surface area contributed by atoms with Gasteiger partial charge in [-0.05, 0) is 23.6 Å². The van der Waals surface area contributed by atoms with E-state index in [1.807, 2.05) is 0 Å². The van der Waals surface area contributed by atoms with Crippen molar-refractivity contribution in [2.45, 2.75) is 25.9 Å². The molecule has 0 unspecified atom stereocenters. The third kappa shape index (κ3) is 2.37. The van der Waals surface area contributed by atoms with Gasteiger partial charge in [-0.3, -0.25) is 0 Å². The summed E-state index contributed by atoms with van der Waals surface area (Å²) >= 11 is 0. The van der Waals surface area contributed by atoms with Crippen molar-refractivity contribution in [3.8, 4) is 0 Å². The standard InChI is InChI=1S/C9H11F3N2/c1-5(2)6-3-7(9(10,11)12)14-8(13)4-6/h3-5H,1-2H3,(H2,13,14). The van der Waals surface area contributed by atoms with Gasteiger partial charge < -0.3 is 5.73 Å². The highest BCUT2D eigenvalue weighted by molar-refractivity contribution is 5.37. The normalized spacial score (nSPS) is 12.1. The number of hydrogen-bond acceptors (Lipinski definition) is 2. The zero-order chi connectivity index (χ0) is 10.9. The highest BCUT2D eigenvalue weighted by Gasteiger charge is 2.33. The summed E-state index contributed by atoms with van der Waals surface area (Å²) in [6.07, 6.45) is -4.43. The number of aromatic nitrogens is 1. The highest BCUT2D eigenvalue weighted by atomic mass is 19.4. The predicted octanol–water partition coefficient (Wildman–Crippen LogP) is 2.81. The smallest absolute Gasteiger partial charge is 0.384 e. The molecule has 0 aliphatic rings. The number of halogens is 3. The van der Waals surface area contributed by atoms with E-state index in [1.165, 1.54) is 6.07 Å². The van der Waals surface area contributed by atoms with Crippen molar-refractivity contribution in [2.24, 2.45) is 0 Å². The van der Waals surface area contributed by atoms with Gasteiger partial charge >= 0.3 is 6.18 Å². The minimum atomic E-state index is -4.43. The van der Waals surface area contributed by atoms with Crippen LogP contribution >= 0.6 is 0 Å². The number of hydrogen-bond donors (Lipinski definition) is 1. The van der Waals surface area contributed by atoms with Gasteiger partial charge in [-0.25, -0.2) is 4.98 Å². The molecule has 1 aromatic rings. The van der Waals surface area contributed by atoms with Gasteiger partial charge in [0, 0.05) is 0 Å². The van der Waals surface area contributed by atoms with E-state index in [1.54, 1.807) is 13.8 Å². The van der Waals surface area contributed by atoms with Gasteiger partial charge in [0.2, 0.25) is 0 Å². The summed E-state index contributed by atoms with van der Waals surface area (Å²) < 4.78 is 36.9. The Kier molecular flexibility index (Phi) is 2.69. The van der Waals surface area contributed by atoms with Crippen LogP contribution in [0.25, 0.3) is 0 Å². The van der Waals surface area contributed by atoms with Gasteiger partial charge in [0.05, 0.1) is 0 Å². The Bertz CT molecular complexity index is 331. The highest BCUT2D eigenvalue weighted by Crippen LogP contribution is 2.30. The van der Waals surface area contributed by atoms with Crippen LogP contribution in [0, 0.1) is 0 Å². The number of pyridine rings is 1. The molecule has 1 aromatic heterocycles. The van der Waals surface area contributed by atoms with Gasteiger partial charge in [0.1, 0.15) is 11.5 Å². The first-order valence-electron chi connectivity index (χ1n) is 4.15. The van der Waals surface area contributed by atoms with Gasteiger partial charge in [0.15, 0.2) is 0 Å². The summed E-state index contributed by atoms with van der Waals surface area (Å²) in [5, 5.41) is 0. The molecular weight excluding hydrogens is 193 g/mol. The maximum Gasteiger partial charge on any atom is 0.433 e. The number of alkyl halides is 3. The SMILES string of the molecule is CC(C)c1cc(N)nc(C(F)(F)F)c1. The number of nitrogen functional groups attached to an aromatic ring is 1. The topological polar surface area (TPSA) is 38.9 Å². The van der Waals surface area contributed by atoms with Crippen molar-refractivity contribution in [1.29, 1.82) is 0 Å². The Labute approximate surface area is 79.9 Å². The number of nitrogens with zero attached hydrogens (tertiary/aromatic N) is 1. The molecule has 0 saturated carbocycles. The molecule has 0 aliphatic carbocycles. The third-order valence-corrected chi connectivity index (χ3v) is 1.82. The molecule has 0 aliphatic heterocycles. The van der Waals surface area contributed by atoms with Crippen LogP contribution < -0.4 is 5.73 Å². The van der Waals surface area contributed by atoms with Crippen LogP contribution in [0.1, 0.15) is 31.0 Å². The zero-order valence-corrected chi connectivity index (χ0v) is 7.89. The zero-order valence-electron chi connectivity index (χ0n) is 7.89. The van der Waals surface area contributed by atoms with Crippen molar-refractivity contribution in [3.63, 3.8) is 0 Å². The lowest BCUT2D eigenvalue weighted by Gasteiger charge is -2.11. The second kappa shape index (κ2) is 3.48. The van der Waals surface area contributed by atoms with Crippen LogP contribution in [0.2, 0.25) is 0 Å². The van der Waals surface area contributed by atoms with Crippen LogP contribution in [0.5, 0.6) is 0 Å². The fourth-order valence-electron chi connectivity index (χ4n) is 1.05. The van der Waals surface area contributed by atoms with Crippen molar-refractivity contribution >= 4 is 5.82 Å². The van der Waals surface area contributed by atoms with Crippen molar-refractivity contribution in [1.82, 2.24) is 4.98 Å². The first-order valence-corrected chi connectivity index (χ1v) is 4.15. The molecule has 0 aromatic carbocycles. The second-order valence-corrected chi connectivity index (χ2v) is 3.36. The third-order valence-electron chi connectivity index (χ3n) is 1.82. The minimum Gasteiger partial charge on any atom is -0.384 e. The second-order valence-electron chi connectivity index (χ2n) is 3.36. The Morgan fingerprint density at radius 3 is 2.29 bits per heavy atom. The Hall–Kier alpha value is -1.26. The molecule has 14 heavy (non-hydrogen) atoms. The molecule has 1 rings (SSSR count). The fraction of sp³-hybridized carbons (Fsp3) is 0.444. The summed E-state index contributed by atoms with van der Waals surface area (Å²) in [5.74, 6) is -0.0927. The van der Waals surface area contributed by atoms with Crippen LogP contribution in [0.4, 0.5) is 19.0 Å². The van der Waals surface area contributed by atoms with E-state index in [0.29, 0.717) is 5.56 Å². The molecule has 1 heterocycles. The molecule has 0 atom stereocenters. The van der Waals surface area contributed by atoms with E-state index in [-0.39, 0.29) is 11.7 Å². The lowest BCUT2D eigenvalue weighted by molar-refractivity contribution is -0.141. The van der Waals surface area contributed by atoms with Gasteiger partial charge in [-0.15, -0.1) is 0 Å². The van der Waals surface area contributed by atoms with Crippen molar-refractivity contribution in [2.75, 3.05) is 5.73 Å². The fourth-order valence-corrected chi connectivity index (χ4v) is 1.05. The van der Waals surface area contributed by atoms with E-state index in [2.05, 4.69) is 4.98 Å². The van der Waals surface area contributed by atoms with E-state index < -0.39 is 11.9 Å². The lowest BCUT2D eigenvalue weighted by atomic mass is 10.0. The first-order chi connectivity index (χ1) is 6.30. The summed E-state index contributed by atoms with van der Waals surface area (Å²) in [6, 6.07) is 2.49. The Balaban J connectivity index is 3.21. The van der Waals surface area contributed by atoms with Crippen LogP contribution in [-0.2, 0) is 6.18 Å². The quantitative estimate of drug-likeness (QED) is 0.763. The van der Waals surface area contributed by atoms with Gasteiger partial charge in [-0.1, -0.05) is 13.8 Å². The Morgan fingerprint density at radius 1 is 1.29 bits per heavy atom. The van der Waals surface area contributed by atoms with Crippen LogP contribution in [0.3, 0.4) is 0 Å². The van der Waals surface area contributed by atoms with E-state index in [9.17, 15) is 13.2 Å². The number of anilines is 1. The molecule has 0 bridgehead atoms. The van der Waals surface area contributed by atoms with E-state index >= 15 is 0 Å². The Morgan fingerprint density at radius 2 is 1.86 bits per heavy atom. The molecular formula is C9H11F3N2. The molecule has 0 saturated heterocycles. The average molecular weight is 204 g/mol. The monoisotopic (exact) mass is 204 g/mol. The summed E-state index contributed by atoms with van der Waals surface area (Å²) in [6.45, 7) is 3.60. The molecule has 0 radical (unpaired) electrons. The van der Waals surface area contributed by atoms with Crippen LogP contribution in [-0.4, -0.2) is 4.98 Å². The average Bonchev–Trinajstić information content (AvgIpc) is 2.01. The van der Waals surface area contributed by atoms with E-state index in [4.69, 9.17) is 5.73 Å². The maximum absolute atomic E-state index is 12.3. The maximum atomic E-state index is 12.3. The lowest BCUT2D eigenvalue weighted by Crippen LogP contribution is -2.10.